The molecule has 2 aromatic heterocycles. The Morgan fingerprint density at radius 3 is 2.05 bits per heavy atom. The molecule has 2 atom stereocenters. The maximum Gasteiger partial charge on any atom is 0.169 e. The first-order valence-corrected chi connectivity index (χ1v) is 22.6. The molecular weight excluding hydrogens is 787 g/mol. The molecule has 298 valence electrons. The van der Waals surface area contributed by atoms with E-state index in [-0.39, 0.29) is 5.92 Å². The molecule has 2 aliphatic rings. The zero-order chi connectivity index (χ0) is 41.4. The molecule has 4 nitrogen and oxygen atoms in total. The SMILES string of the molecule is c1ccc(-c2ccc(C3N=C(c4cc(C5CCc6cc7ccccc7cc6-c6ccccc65)cc5c4oc4ccccc45)NC(c4cccc5c4sc4ccccc45)=N3)cc2)cc1. The molecule has 1 aliphatic heterocycles. The van der Waals surface area contributed by atoms with Crippen molar-refractivity contribution >= 4 is 75.9 Å². The van der Waals surface area contributed by atoms with E-state index in [4.69, 9.17) is 14.4 Å². The van der Waals surface area contributed by atoms with Crippen LogP contribution in [0.1, 0.15) is 51.9 Å². The molecule has 0 bridgehead atoms. The third-order valence-corrected chi connectivity index (χ3v) is 14.4. The summed E-state index contributed by atoms with van der Waals surface area (Å²) < 4.78 is 9.33. The van der Waals surface area contributed by atoms with Crippen molar-refractivity contribution in [3.8, 4) is 22.3 Å². The van der Waals surface area contributed by atoms with Crippen molar-refractivity contribution in [3.05, 3.63) is 228 Å². The highest BCUT2D eigenvalue weighted by atomic mass is 32.1. The van der Waals surface area contributed by atoms with Gasteiger partial charge in [0.05, 0.1) is 5.56 Å². The second-order valence-corrected chi connectivity index (χ2v) is 17.9. The molecule has 13 rings (SSSR count). The van der Waals surface area contributed by atoms with Crippen molar-refractivity contribution in [1.82, 2.24) is 5.32 Å². The van der Waals surface area contributed by atoms with Gasteiger partial charge >= 0.3 is 0 Å². The molecule has 63 heavy (non-hydrogen) atoms. The summed E-state index contributed by atoms with van der Waals surface area (Å²) in [5, 5.41) is 11.1. The van der Waals surface area contributed by atoms with Gasteiger partial charge in [-0.2, -0.15) is 0 Å². The second kappa shape index (κ2) is 14.5. The molecule has 5 heteroatoms. The van der Waals surface area contributed by atoms with Gasteiger partial charge in [0.2, 0.25) is 0 Å². The number of hydrogen-bond donors (Lipinski definition) is 1. The molecule has 0 radical (unpaired) electrons. The Bertz CT molecular complexity index is 3670. The molecule has 1 aliphatic carbocycles. The minimum absolute atomic E-state index is 0.138. The molecule has 0 spiro atoms. The third-order valence-electron chi connectivity index (χ3n) is 13.2. The highest BCUT2D eigenvalue weighted by molar-refractivity contribution is 7.26. The number of aryl methyl sites for hydroxylation is 1. The molecular formula is C58H39N3OS. The molecule has 0 saturated heterocycles. The Kier molecular flexibility index (Phi) is 8.31. The largest absolute Gasteiger partial charge is 0.455 e. The van der Waals surface area contributed by atoms with Gasteiger partial charge in [0.15, 0.2) is 6.17 Å². The summed E-state index contributed by atoms with van der Waals surface area (Å²) in [5.41, 5.74) is 13.7. The first kappa shape index (κ1) is 36.1. The van der Waals surface area contributed by atoms with Crippen LogP contribution in [0.3, 0.4) is 0 Å². The van der Waals surface area contributed by atoms with E-state index < -0.39 is 6.17 Å². The van der Waals surface area contributed by atoms with Crippen LogP contribution in [0.25, 0.3) is 75.1 Å². The first-order chi connectivity index (χ1) is 31.2. The lowest BCUT2D eigenvalue weighted by Crippen LogP contribution is -2.36. The van der Waals surface area contributed by atoms with Crippen LogP contribution in [0.5, 0.6) is 0 Å². The number of hydrogen-bond acceptors (Lipinski definition) is 5. The molecule has 2 unspecified atom stereocenters. The fraction of sp³-hybridized carbons (Fsp3) is 0.0690. The van der Waals surface area contributed by atoms with Crippen molar-refractivity contribution < 1.29 is 4.42 Å². The molecule has 1 N–H and O–H groups in total. The smallest absolute Gasteiger partial charge is 0.169 e. The van der Waals surface area contributed by atoms with Gasteiger partial charge in [-0.25, -0.2) is 9.98 Å². The van der Waals surface area contributed by atoms with Crippen LogP contribution in [0.4, 0.5) is 0 Å². The van der Waals surface area contributed by atoms with E-state index >= 15 is 0 Å². The normalized spacial score (nSPS) is 16.1. The molecule has 9 aromatic carbocycles. The fourth-order valence-corrected chi connectivity index (χ4v) is 11.3. The lowest BCUT2D eigenvalue weighted by molar-refractivity contribution is 0.666. The van der Waals surface area contributed by atoms with E-state index in [1.807, 2.05) is 11.3 Å². The highest BCUT2D eigenvalue weighted by Gasteiger charge is 2.29. The minimum Gasteiger partial charge on any atom is -0.455 e. The van der Waals surface area contributed by atoms with Crippen molar-refractivity contribution in [2.75, 3.05) is 0 Å². The van der Waals surface area contributed by atoms with Gasteiger partial charge in [0, 0.05) is 42.4 Å². The lowest BCUT2D eigenvalue weighted by Gasteiger charge is -2.24. The lowest BCUT2D eigenvalue weighted by atomic mass is 9.84. The Hall–Kier alpha value is -7.60. The Morgan fingerprint density at radius 1 is 0.492 bits per heavy atom. The minimum atomic E-state index is -0.490. The van der Waals surface area contributed by atoms with Crippen LogP contribution in [-0.2, 0) is 6.42 Å². The number of benzene rings is 9. The highest BCUT2D eigenvalue weighted by Crippen LogP contribution is 2.45. The van der Waals surface area contributed by atoms with Gasteiger partial charge in [-0.05, 0) is 105 Å². The van der Waals surface area contributed by atoms with E-state index in [1.54, 1.807) is 0 Å². The van der Waals surface area contributed by atoms with Gasteiger partial charge in [-0.3, -0.25) is 0 Å². The van der Waals surface area contributed by atoms with Crippen molar-refractivity contribution in [2.24, 2.45) is 9.98 Å². The Balaban J connectivity index is 1.00. The average molecular weight is 826 g/mol. The van der Waals surface area contributed by atoms with Gasteiger partial charge in [0.1, 0.15) is 22.8 Å². The number of furan rings is 1. The van der Waals surface area contributed by atoms with E-state index in [1.165, 1.54) is 64.3 Å². The number of rotatable bonds is 5. The maximum absolute atomic E-state index is 6.87. The first-order valence-electron chi connectivity index (χ1n) is 21.8. The molecule has 0 amide bonds. The summed E-state index contributed by atoms with van der Waals surface area (Å²) in [4.78, 5) is 11.0. The third kappa shape index (κ3) is 6.03. The van der Waals surface area contributed by atoms with E-state index in [9.17, 15) is 0 Å². The topological polar surface area (TPSA) is 49.9 Å². The predicted molar refractivity (Wildman–Crippen MR) is 263 cm³/mol. The Labute approximate surface area is 368 Å². The number of thiophene rings is 1. The van der Waals surface area contributed by atoms with Gasteiger partial charge < -0.3 is 9.73 Å². The number of nitrogens with zero attached hydrogens (tertiary/aromatic N) is 2. The van der Waals surface area contributed by atoms with Crippen LogP contribution >= 0.6 is 11.3 Å². The second-order valence-electron chi connectivity index (χ2n) is 16.8. The van der Waals surface area contributed by atoms with Crippen LogP contribution in [0.2, 0.25) is 0 Å². The Morgan fingerprint density at radius 2 is 1.17 bits per heavy atom. The maximum atomic E-state index is 6.87. The van der Waals surface area contributed by atoms with E-state index in [0.29, 0.717) is 0 Å². The van der Waals surface area contributed by atoms with E-state index in [0.717, 1.165) is 68.7 Å². The summed E-state index contributed by atoms with van der Waals surface area (Å²) in [6.07, 6.45) is 1.45. The molecule has 0 saturated carbocycles. The summed E-state index contributed by atoms with van der Waals surface area (Å²) >= 11 is 1.81. The van der Waals surface area contributed by atoms with Crippen LogP contribution < -0.4 is 5.32 Å². The monoisotopic (exact) mass is 825 g/mol. The fourth-order valence-electron chi connectivity index (χ4n) is 10.1. The standard InChI is InChI=1S/C58H39N3OS/c1-2-13-35(14-3-1)36-25-27-37(28-26-36)56-59-57(48-22-12-21-47-46-20-9-11-24-53(46)63-55(47)48)61-58(60-56)51-34-41(33-50-45-19-8-10-23-52(45)62-54(50)51)42-30-29-40-31-38-15-4-5-16-39(38)32-49(40)44-18-7-6-17-43(42)44/h1-28,31-34,42,56H,29-30H2,(H,59,60,61). The number of para-hydroxylation sites is 1. The number of fused-ring (bicyclic) bond motifs is 10. The summed E-state index contributed by atoms with van der Waals surface area (Å²) in [6.45, 7) is 0. The molecule has 3 heterocycles. The summed E-state index contributed by atoms with van der Waals surface area (Å²) in [5.74, 6) is 1.68. The zero-order valence-corrected chi connectivity index (χ0v) is 35.1. The van der Waals surface area contributed by atoms with Crippen molar-refractivity contribution in [3.63, 3.8) is 0 Å². The van der Waals surface area contributed by atoms with Gasteiger partial charge in [-0.1, -0.05) is 158 Å². The summed E-state index contributed by atoms with van der Waals surface area (Å²) in [7, 11) is 0. The average Bonchev–Trinajstić information content (AvgIpc) is 3.88. The summed E-state index contributed by atoms with van der Waals surface area (Å²) in [6, 6.07) is 70.2. The zero-order valence-electron chi connectivity index (χ0n) is 34.3. The molecule has 11 aromatic rings. The number of aliphatic imine (C=N–C) groups is 2. The van der Waals surface area contributed by atoms with Crippen molar-refractivity contribution in [1.29, 1.82) is 0 Å². The van der Waals surface area contributed by atoms with Crippen molar-refractivity contribution in [2.45, 2.75) is 24.9 Å². The van der Waals surface area contributed by atoms with Crippen LogP contribution in [0, 0.1) is 0 Å². The quantitative estimate of drug-likeness (QED) is 0.188. The number of amidine groups is 2. The van der Waals surface area contributed by atoms with Crippen LogP contribution in [0.15, 0.2) is 209 Å². The van der Waals surface area contributed by atoms with Gasteiger partial charge in [0.25, 0.3) is 0 Å². The molecule has 0 fully saturated rings. The van der Waals surface area contributed by atoms with E-state index in [2.05, 4.69) is 199 Å². The van der Waals surface area contributed by atoms with Gasteiger partial charge in [-0.15, -0.1) is 11.3 Å². The number of nitrogens with one attached hydrogen (secondary N) is 1. The van der Waals surface area contributed by atoms with Crippen LogP contribution in [-0.4, -0.2) is 11.7 Å². The predicted octanol–water partition coefficient (Wildman–Crippen LogP) is 15.0.